The first-order valence-corrected chi connectivity index (χ1v) is 9.44. The van der Waals surface area contributed by atoms with Crippen molar-refractivity contribution in [2.24, 2.45) is 5.41 Å². The zero-order valence-electron chi connectivity index (χ0n) is 16.7. The molecule has 0 bridgehead atoms. The lowest BCUT2D eigenvalue weighted by Gasteiger charge is -2.43. The molecule has 1 aromatic rings. The predicted molar refractivity (Wildman–Crippen MR) is 105 cm³/mol. The van der Waals surface area contributed by atoms with Gasteiger partial charge in [-0.3, -0.25) is 14.5 Å². The maximum atomic E-state index is 14.9. The number of carbonyl (C=O) groups excluding carboxylic acids is 2. The first-order valence-electron chi connectivity index (χ1n) is 9.44. The van der Waals surface area contributed by atoms with Crippen molar-refractivity contribution in [3.8, 4) is 0 Å². The van der Waals surface area contributed by atoms with Gasteiger partial charge in [0.05, 0.1) is 36.3 Å². The van der Waals surface area contributed by atoms with Crippen LogP contribution in [-0.4, -0.2) is 55.1 Å². The molecule has 8 nitrogen and oxygen atoms in total. The van der Waals surface area contributed by atoms with E-state index in [4.69, 9.17) is 11.3 Å². The number of hydrogen-bond acceptors (Lipinski definition) is 5. The molecule has 2 heterocycles. The van der Waals surface area contributed by atoms with Crippen LogP contribution in [-0.2, 0) is 9.53 Å². The number of nitrogens with zero attached hydrogens (tertiary/aromatic N) is 3. The number of anilines is 2. The molecule has 2 atom stereocenters. The number of carbonyl (C=O) groups is 2. The molecule has 2 fully saturated rings. The Morgan fingerprint density at radius 2 is 2.21 bits per heavy atom. The molecule has 1 aromatic carbocycles. The predicted octanol–water partition coefficient (Wildman–Crippen LogP) is 2.13. The molecule has 2 aliphatic rings. The minimum Gasteiger partial charge on any atom is -0.442 e. The Morgan fingerprint density at radius 3 is 2.79 bits per heavy atom. The second-order valence-corrected chi connectivity index (χ2v) is 8.17. The molecule has 0 spiro atoms. The lowest BCUT2D eigenvalue weighted by Crippen LogP contribution is -2.55. The van der Waals surface area contributed by atoms with Crippen molar-refractivity contribution in [1.82, 2.24) is 5.32 Å². The topological polar surface area (TPSA) is 86.5 Å². The van der Waals surface area contributed by atoms with E-state index in [0.717, 1.165) is 0 Å². The van der Waals surface area contributed by atoms with Crippen molar-refractivity contribution >= 4 is 23.4 Å². The largest absolute Gasteiger partial charge is 0.442 e. The van der Waals surface area contributed by atoms with Gasteiger partial charge in [-0.2, -0.15) is 0 Å². The number of hydrogen-bond donors (Lipinski definition) is 2. The highest BCUT2D eigenvalue weighted by atomic mass is 19.1. The second kappa shape index (κ2) is 7.52. The van der Waals surface area contributed by atoms with Crippen LogP contribution < -0.4 is 15.1 Å². The summed E-state index contributed by atoms with van der Waals surface area (Å²) in [7, 11) is 0. The lowest BCUT2D eigenvalue weighted by atomic mass is 9.76. The number of amides is 2. The second-order valence-electron chi connectivity index (χ2n) is 8.17. The minimum atomic E-state index is -1.47. The number of rotatable bonds is 4. The van der Waals surface area contributed by atoms with Gasteiger partial charge in [0, 0.05) is 20.0 Å². The first-order chi connectivity index (χ1) is 13.6. The summed E-state index contributed by atoms with van der Waals surface area (Å²) in [6.07, 6.45) is -0.870. The summed E-state index contributed by atoms with van der Waals surface area (Å²) in [5, 5.41) is 13.1. The molecule has 3 rings (SSSR count). The van der Waals surface area contributed by atoms with E-state index in [1.165, 1.54) is 17.9 Å². The Balaban J connectivity index is 1.74. The monoisotopic (exact) mass is 404 g/mol. The Hall–Kier alpha value is -2.86. The Labute approximate surface area is 169 Å². The molecule has 29 heavy (non-hydrogen) atoms. The highest BCUT2D eigenvalue weighted by molar-refractivity contribution is 5.90. The summed E-state index contributed by atoms with van der Waals surface area (Å²) >= 11 is 0. The van der Waals surface area contributed by atoms with Crippen LogP contribution in [0, 0.1) is 17.8 Å². The molecule has 9 heteroatoms. The number of piperidine rings is 1. The molecule has 0 radical (unpaired) electrons. The van der Waals surface area contributed by atoms with E-state index in [1.54, 1.807) is 30.9 Å². The van der Waals surface area contributed by atoms with Gasteiger partial charge in [0.1, 0.15) is 11.9 Å². The zero-order chi connectivity index (χ0) is 21.4. The van der Waals surface area contributed by atoms with Crippen LogP contribution in [0.4, 0.5) is 20.6 Å². The Morgan fingerprint density at radius 1 is 1.48 bits per heavy atom. The van der Waals surface area contributed by atoms with Gasteiger partial charge in [-0.1, -0.05) is 0 Å². The molecule has 2 saturated heterocycles. The number of benzene rings is 1. The standard InChI is InChI=1S/C20H25FN4O4/c1-13(26)23-10-15-11-25(18(27)29-15)14-5-6-17(16(21)9-14)24-8-7-20(28,22-4)19(2,3)12-24/h5-6,9,15,28H,7-8,10-12H2,1-3H3,(H,23,26)/t15-,20?/m0/s1. The van der Waals surface area contributed by atoms with Gasteiger partial charge in [0.25, 0.3) is 0 Å². The van der Waals surface area contributed by atoms with Crippen LogP contribution in [0.1, 0.15) is 27.2 Å². The maximum absolute atomic E-state index is 14.9. The molecule has 2 N–H and O–H groups in total. The van der Waals surface area contributed by atoms with Crippen LogP contribution in [0.3, 0.4) is 0 Å². The van der Waals surface area contributed by atoms with Crippen molar-refractivity contribution in [1.29, 1.82) is 0 Å². The molecule has 0 aliphatic carbocycles. The summed E-state index contributed by atoms with van der Waals surface area (Å²) in [5.74, 6) is -0.714. The van der Waals surface area contributed by atoms with Gasteiger partial charge < -0.3 is 20.1 Å². The van der Waals surface area contributed by atoms with E-state index < -0.39 is 29.2 Å². The quantitative estimate of drug-likeness (QED) is 0.751. The normalized spacial score (nSPS) is 26.1. The molecule has 1 unspecified atom stereocenters. The van der Waals surface area contributed by atoms with E-state index in [9.17, 15) is 19.1 Å². The van der Waals surface area contributed by atoms with Crippen molar-refractivity contribution in [2.75, 3.05) is 36.0 Å². The highest BCUT2D eigenvalue weighted by Gasteiger charge is 2.54. The van der Waals surface area contributed by atoms with Crippen LogP contribution >= 0.6 is 0 Å². The van der Waals surface area contributed by atoms with Gasteiger partial charge in [0.2, 0.25) is 5.91 Å². The van der Waals surface area contributed by atoms with Crippen LogP contribution in [0.15, 0.2) is 18.2 Å². The molecule has 0 aromatic heterocycles. The molecule has 0 saturated carbocycles. The highest BCUT2D eigenvalue weighted by Crippen LogP contribution is 2.42. The zero-order valence-corrected chi connectivity index (χ0v) is 16.7. The third-order valence-corrected chi connectivity index (χ3v) is 5.62. The molecule has 156 valence electrons. The molecular formula is C20H25FN4O4. The number of aliphatic hydroxyl groups is 1. The molecular weight excluding hydrogens is 379 g/mol. The number of nitrogens with one attached hydrogen (secondary N) is 1. The summed E-state index contributed by atoms with van der Waals surface area (Å²) < 4.78 is 20.1. The number of ether oxygens (including phenoxy) is 1. The van der Waals surface area contributed by atoms with E-state index in [1.807, 2.05) is 0 Å². The van der Waals surface area contributed by atoms with Crippen LogP contribution in [0.2, 0.25) is 0 Å². The van der Waals surface area contributed by atoms with E-state index >= 15 is 0 Å². The lowest BCUT2D eigenvalue weighted by molar-refractivity contribution is -0.119. The SMILES string of the molecule is [C-]#[N+]C1(O)CCN(c2ccc(N3C[C@H](CNC(C)=O)OC3=O)cc2F)CC1(C)C. The van der Waals surface area contributed by atoms with Crippen LogP contribution in [0.5, 0.6) is 0 Å². The average molecular weight is 404 g/mol. The fraction of sp³-hybridized carbons (Fsp3) is 0.550. The smallest absolute Gasteiger partial charge is 0.414 e. The van der Waals surface area contributed by atoms with Gasteiger partial charge in [-0.05, 0) is 32.0 Å². The van der Waals surface area contributed by atoms with E-state index in [-0.39, 0.29) is 25.4 Å². The third-order valence-electron chi connectivity index (χ3n) is 5.62. The summed E-state index contributed by atoms with van der Waals surface area (Å²) in [6, 6.07) is 4.51. The van der Waals surface area contributed by atoms with Gasteiger partial charge in [-0.15, -0.1) is 0 Å². The fourth-order valence-corrected chi connectivity index (χ4v) is 3.74. The van der Waals surface area contributed by atoms with Gasteiger partial charge >= 0.3 is 11.8 Å². The van der Waals surface area contributed by atoms with Crippen molar-refractivity contribution < 1.29 is 23.8 Å². The summed E-state index contributed by atoms with van der Waals surface area (Å²) in [4.78, 5) is 29.7. The fourth-order valence-electron chi connectivity index (χ4n) is 3.74. The maximum Gasteiger partial charge on any atom is 0.414 e. The van der Waals surface area contributed by atoms with Gasteiger partial charge in [0.15, 0.2) is 0 Å². The van der Waals surface area contributed by atoms with Crippen molar-refractivity contribution in [3.63, 3.8) is 0 Å². The van der Waals surface area contributed by atoms with Crippen LogP contribution in [0.25, 0.3) is 4.85 Å². The van der Waals surface area contributed by atoms with E-state index in [0.29, 0.717) is 24.5 Å². The Bertz CT molecular complexity index is 869. The van der Waals surface area contributed by atoms with E-state index in [2.05, 4.69) is 10.2 Å². The van der Waals surface area contributed by atoms with Gasteiger partial charge in [-0.25, -0.2) is 15.8 Å². The Kier molecular flexibility index (Phi) is 5.41. The molecule has 2 aliphatic heterocycles. The number of cyclic esters (lactones) is 1. The first kappa shape index (κ1) is 20.9. The minimum absolute atomic E-state index is 0.199. The number of halogens is 1. The van der Waals surface area contributed by atoms with Crippen molar-refractivity contribution in [2.45, 2.75) is 39.0 Å². The summed E-state index contributed by atoms with van der Waals surface area (Å²) in [6.45, 7) is 13.3. The third kappa shape index (κ3) is 3.98. The van der Waals surface area contributed by atoms with Crippen molar-refractivity contribution in [3.05, 3.63) is 35.4 Å². The molecule has 2 amide bonds. The summed E-state index contributed by atoms with van der Waals surface area (Å²) in [5.41, 5.74) is -1.47. The average Bonchev–Trinajstić information content (AvgIpc) is 3.03.